The van der Waals surface area contributed by atoms with Gasteiger partial charge in [-0.15, -0.1) is 0 Å². The summed E-state index contributed by atoms with van der Waals surface area (Å²) in [7, 11) is -3.36. The minimum Gasteiger partial charge on any atom is -0.369 e. The van der Waals surface area contributed by atoms with E-state index in [1.165, 1.54) is 12.1 Å². The van der Waals surface area contributed by atoms with Crippen molar-refractivity contribution >= 4 is 21.7 Å². The third-order valence-electron chi connectivity index (χ3n) is 4.83. The van der Waals surface area contributed by atoms with Crippen LogP contribution in [0.4, 0.5) is 10.2 Å². The molecule has 3 rings (SSSR count). The first-order chi connectivity index (χ1) is 16.3. The summed E-state index contributed by atoms with van der Waals surface area (Å²) in [6.07, 6.45) is 1.54. The topological polar surface area (TPSA) is 124 Å². The number of nitriles is 1. The number of amides is 1. The highest BCUT2D eigenvalue weighted by Gasteiger charge is 2.16. The van der Waals surface area contributed by atoms with Crippen LogP contribution in [0.25, 0.3) is 11.3 Å². The van der Waals surface area contributed by atoms with Crippen LogP contribution in [0.15, 0.2) is 60.7 Å². The SMILES string of the molecule is CS(=O)(=O)NCCNC(=O)c1ccc(-c2ccccc2C#N)nc1NCCc1cccc(F)c1. The number of benzene rings is 2. The highest BCUT2D eigenvalue weighted by molar-refractivity contribution is 7.88. The molecule has 2 aromatic carbocycles. The van der Waals surface area contributed by atoms with Gasteiger partial charge >= 0.3 is 0 Å². The van der Waals surface area contributed by atoms with Gasteiger partial charge in [0.25, 0.3) is 5.91 Å². The van der Waals surface area contributed by atoms with Crippen molar-refractivity contribution in [1.29, 1.82) is 5.26 Å². The van der Waals surface area contributed by atoms with Crippen LogP contribution in [0.1, 0.15) is 21.5 Å². The molecule has 34 heavy (non-hydrogen) atoms. The van der Waals surface area contributed by atoms with Gasteiger partial charge in [-0.05, 0) is 42.3 Å². The Balaban J connectivity index is 1.81. The Bertz CT molecular complexity index is 1320. The molecule has 1 amide bonds. The summed E-state index contributed by atoms with van der Waals surface area (Å²) in [6.45, 7) is 0.525. The summed E-state index contributed by atoms with van der Waals surface area (Å²) >= 11 is 0. The van der Waals surface area contributed by atoms with E-state index in [9.17, 15) is 22.9 Å². The number of rotatable bonds is 10. The first-order valence-corrected chi connectivity index (χ1v) is 12.4. The number of nitrogens with zero attached hydrogens (tertiary/aromatic N) is 2. The second kappa shape index (κ2) is 11.4. The maximum absolute atomic E-state index is 13.5. The van der Waals surface area contributed by atoms with Crippen molar-refractivity contribution in [1.82, 2.24) is 15.0 Å². The highest BCUT2D eigenvalue weighted by Crippen LogP contribution is 2.25. The summed E-state index contributed by atoms with van der Waals surface area (Å²) in [4.78, 5) is 17.3. The number of carbonyl (C=O) groups is 1. The number of sulfonamides is 1. The first-order valence-electron chi connectivity index (χ1n) is 10.5. The average molecular weight is 482 g/mol. The molecule has 0 saturated carbocycles. The molecular formula is C24H24FN5O3S. The Hall–Kier alpha value is -3.81. The molecule has 0 aliphatic carbocycles. The molecule has 0 atom stereocenters. The van der Waals surface area contributed by atoms with E-state index in [4.69, 9.17) is 0 Å². The lowest BCUT2D eigenvalue weighted by Crippen LogP contribution is -2.34. The number of nitrogens with one attached hydrogen (secondary N) is 3. The second-order valence-corrected chi connectivity index (χ2v) is 9.31. The van der Waals surface area contributed by atoms with E-state index in [1.54, 1.807) is 48.5 Å². The lowest BCUT2D eigenvalue weighted by molar-refractivity contribution is 0.0955. The predicted molar refractivity (Wildman–Crippen MR) is 128 cm³/mol. The molecule has 0 aliphatic rings. The van der Waals surface area contributed by atoms with Crippen molar-refractivity contribution in [3.05, 3.63) is 83.2 Å². The quantitative estimate of drug-likeness (QED) is 0.383. The van der Waals surface area contributed by atoms with E-state index in [1.807, 2.05) is 0 Å². The maximum Gasteiger partial charge on any atom is 0.255 e. The van der Waals surface area contributed by atoms with Gasteiger partial charge in [0.2, 0.25) is 10.0 Å². The van der Waals surface area contributed by atoms with Crippen molar-refractivity contribution in [2.24, 2.45) is 0 Å². The third-order valence-corrected chi connectivity index (χ3v) is 5.56. The van der Waals surface area contributed by atoms with Crippen molar-refractivity contribution in [3.63, 3.8) is 0 Å². The zero-order chi connectivity index (χ0) is 24.6. The van der Waals surface area contributed by atoms with Gasteiger partial charge in [0, 0.05) is 25.2 Å². The van der Waals surface area contributed by atoms with Gasteiger partial charge in [0.1, 0.15) is 11.6 Å². The van der Waals surface area contributed by atoms with Crippen LogP contribution in [0.2, 0.25) is 0 Å². The van der Waals surface area contributed by atoms with Crippen LogP contribution in [0.5, 0.6) is 0 Å². The summed E-state index contributed by atoms with van der Waals surface area (Å²) in [5.74, 6) is -0.458. The van der Waals surface area contributed by atoms with Crippen LogP contribution < -0.4 is 15.4 Å². The van der Waals surface area contributed by atoms with Crippen molar-refractivity contribution in [3.8, 4) is 17.3 Å². The fourth-order valence-corrected chi connectivity index (χ4v) is 3.73. The van der Waals surface area contributed by atoms with Gasteiger partial charge in [-0.3, -0.25) is 4.79 Å². The Morgan fingerprint density at radius 3 is 2.59 bits per heavy atom. The number of hydrogen-bond donors (Lipinski definition) is 3. The highest BCUT2D eigenvalue weighted by atomic mass is 32.2. The minimum atomic E-state index is -3.36. The number of halogens is 1. The average Bonchev–Trinajstić information content (AvgIpc) is 2.81. The number of carbonyl (C=O) groups excluding carboxylic acids is 1. The van der Waals surface area contributed by atoms with E-state index in [0.717, 1.165) is 11.8 Å². The zero-order valence-electron chi connectivity index (χ0n) is 18.5. The van der Waals surface area contributed by atoms with E-state index >= 15 is 0 Å². The lowest BCUT2D eigenvalue weighted by Gasteiger charge is -2.14. The van der Waals surface area contributed by atoms with E-state index in [0.29, 0.717) is 35.6 Å². The zero-order valence-corrected chi connectivity index (χ0v) is 19.3. The van der Waals surface area contributed by atoms with Gasteiger partial charge in [0.05, 0.1) is 29.1 Å². The largest absolute Gasteiger partial charge is 0.369 e. The summed E-state index contributed by atoms with van der Waals surface area (Å²) in [6, 6.07) is 18.6. The lowest BCUT2D eigenvalue weighted by atomic mass is 10.0. The van der Waals surface area contributed by atoms with Crippen molar-refractivity contribution in [2.75, 3.05) is 31.2 Å². The molecule has 3 aromatic rings. The van der Waals surface area contributed by atoms with Crippen LogP contribution in [0, 0.1) is 17.1 Å². The molecule has 8 nitrogen and oxygen atoms in total. The van der Waals surface area contributed by atoms with Crippen molar-refractivity contribution in [2.45, 2.75) is 6.42 Å². The van der Waals surface area contributed by atoms with E-state index < -0.39 is 15.9 Å². The predicted octanol–water partition coefficient (Wildman–Crippen LogP) is 2.69. The van der Waals surface area contributed by atoms with Crippen LogP contribution >= 0.6 is 0 Å². The fourth-order valence-electron chi connectivity index (χ4n) is 3.26. The number of hydrogen-bond acceptors (Lipinski definition) is 6. The van der Waals surface area contributed by atoms with Gasteiger partial charge in [0.15, 0.2) is 0 Å². The van der Waals surface area contributed by atoms with E-state index in [2.05, 4.69) is 26.4 Å². The number of pyridine rings is 1. The molecule has 0 saturated heterocycles. The minimum absolute atomic E-state index is 0.0496. The molecule has 3 N–H and O–H groups in total. The molecule has 176 valence electrons. The van der Waals surface area contributed by atoms with Crippen molar-refractivity contribution < 1.29 is 17.6 Å². The third kappa shape index (κ3) is 7.10. The number of anilines is 1. The molecule has 0 radical (unpaired) electrons. The van der Waals surface area contributed by atoms with E-state index in [-0.39, 0.29) is 24.5 Å². The smallest absolute Gasteiger partial charge is 0.255 e. The van der Waals surface area contributed by atoms with Gasteiger partial charge in [-0.25, -0.2) is 22.5 Å². The normalized spacial score (nSPS) is 11.0. The summed E-state index contributed by atoms with van der Waals surface area (Å²) in [5, 5.41) is 15.2. The maximum atomic E-state index is 13.5. The summed E-state index contributed by atoms with van der Waals surface area (Å²) < 4.78 is 38.2. The van der Waals surface area contributed by atoms with Gasteiger partial charge < -0.3 is 10.6 Å². The first kappa shape index (κ1) is 24.8. The molecule has 1 aromatic heterocycles. The molecule has 0 bridgehead atoms. The Morgan fingerprint density at radius 1 is 1.06 bits per heavy atom. The Morgan fingerprint density at radius 2 is 1.85 bits per heavy atom. The molecule has 0 fully saturated rings. The van der Waals surface area contributed by atoms with Crippen LogP contribution in [0.3, 0.4) is 0 Å². The Labute approximate surface area is 197 Å². The molecule has 0 unspecified atom stereocenters. The molecule has 1 heterocycles. The molecule has 0 spiro atoms. The van der Waals surface area contributed by atoms with Gasteiger partial charge in [-0.2, -0.15) is 5.26 Å². The standard InChI is InChI=1S/C24H24FN5O3S/c1-34(32,33)29-14-13-28-24(31)21-9-10-22(20-8-3-2-6-18(20)16-26)30-23(21)27-12-11-17-5-4-7-19(25)15-17/h2-10,15,29H,11-14H2,1H3,(H,27,30)(H,28,31). The number of aromatic nitrogens is 1. The Kier molecular flexibility index (Phi) is 8.29. The monoisotopic (exact) mass is 481 g/mol. The second-order valence-electron chi connectivity index (χ2n) is 7.48. The summed E-state index contributed by atoms with van der Waals surface area (Å²) in [5.41, 5.74) is 2.64. The fraction of sp³-hybridized carbons (Fsp3) is 0.208. The van der Waals surface area contributed by atoms with Gasteiger partial charge in [-0.1, -0.05) is 30.3 Å². The van der Waals surface area contributed by atoms with Crippen LogP contribution in [-0.4, -0.2) is 45.2 Å². The molecule has 10 heteroatoms. The molecule has 0 aliphatic heterocycles. The van der Waals surface area contributed by atoms with Crippen LogP contribution in [-0.2, 0) is 16.4 Å². The molecular weight excluding hydrogens is 457 g/mol.